The molecule has 20 heavy (non-hydrogen) atoms. The first-order valence-corrected chi connectivity index (χ1v) is 8.55. The fourth-order valence-corrected chi connectivity index (χ4v) is 3.44. The molecule has 3 heteroatoms. The van der Waals surface area contributed by atoms with E-state index in [9.17, 15) is 0 Å². The smallest absolute Gasteiger partial charge is 0.0710 e. The number of hydrogen-bond donors (Lipinski definition) is 1. The molecule has 2 heterocycles. The molecule has 0 aromatic rings. The highest BCUT2D eigenvalue weighted by molar-refractivity contribution is 4.84. The SMILES string of the molecule is CC(C)CNCC1CCN(CC2CCC(C)(C)O2)CC1. The second-order valence-electron chi connectivity index (χ2n) is 7.83. The van der Waals surface area contributed by atoms with E-state index in [1.54, 1.807) is 0 Å². The second-order valence-corrected chi connectivity index (χ2v) is 7.83. The van der Waals surface area contributed by atoms with Crippen LogP contribution in [0.4, 0.5) is 0 Å². The number of nitrogens with zero attached hydrogens (tertiary/aromatic N) is 1. The summed E-state index contributed by atoms with van der Waals surface area (Å²) < 4.78 is 6.12. The Morgan fingerprint density at radius 1 is 1.20 bits per heavy atom. The zero-order valence-electron chi connectivity index (χ0n) is 14.0. The van der Waals surface area contributed by atoms with Gasteiger partial charge in [0.25, 0.3) is 0 Å². The maximum atomic E-state index is 6.12. The Kier molecular flexibility index (Phi) is 5.88. The van der Waals surface area contributed by atoms with Crippen LogP contribution in [0.3, 0.4) is 0 Å². The summed E-state index contributed by atoms with van der Waals surface area (Å²) in [7, 11) is 0. The zero-order valence-corrected chi connectivity index (χ0v) is 14.0. The van der Waals surface area contributed by atoms with Crippen LogP contribution in [0.2, 0.25) is 0 Å². The molecule has 0 amide bonds. The average Bonchev–Trinajstić information content (AvgIpc) is 2.70. The van der Waals surface area contributed by atoms with Gasteiger partial charge < -0.3 is 15.0 Å². The fraction of sp³-hybridized carbons (Fsp3) is 1.00. The van der Waals surface area contributed by atoms with Gasteiger partial charge >= 0.3 is 0 Å². The third-order valence-corrected chi connectivity index (χ3v) is 4.71. The Morgan fingerprint density at radius 3 is 2.45 bits per heavy atom. The summed E-state index contributed by atoms with van der Waals surface area (Å²) in [6, 6.07) is 0. The van der Waals surface area contributed by atoms with Crippen LogP contribution in [0.5, 0.6) is 0 Å². The molecular formula is C17H34N2O. The van der Waals surface area contributed by atoms with Crippen molar-refractivity contribution in [2.75, 3.05) is 32.7 Å². The van der Waals surface area contributed by atoms with Crippen molar-refractivity contribution in [3.05, 3.63) is 0 Å². The van der Waals surface area contributed by atoms with Crippen molar-refractivity contribution in [3.63, 3.8) is 0 Å². The summed E-state index contributed by atoms with van der Waals surface area (Å²) in [6.07, 6.45) is 5.62. The minimum absolute atomic E-state index is 0.115. The van der Waals surface area contributed by atoms with Crippen molar-refractivity contribution < 1.29 is 4.74 Å². The molecule has 0 saturated carbocycles. The molecule has 0 spiro atoms. The van der Waals surface area contributed by atoms with Gasteiger partial charge in [-0.1, -0.05) is 13.8 Å². The van der Waals surface area contributed by atoms with E-state index in [4.69, 9.17) is 4.74 Å². The first-order valence-electron chi connectivity index (χ1n) is 8.55. The van der Waals surface area contributed by atoms with Gasteiger partial charge in [-0.3, -0.25) is 0 Å². The lowest BCUT2D eigenvalue weighted by Crippen LogP contribution is -2.41. The number of ether oxygens (including phenoxy) is 1. The number of rotatable bonds is 6. The topological polar surface area (TPSA) is 24.5 Å². The molecule has 2 saturated heterocycles. The molecule has 2 fully saturated rings. The van der Waals surface area contributed by atoms with E-state index in [0.29, 0.717) is 6.10 Å². The van der Waals surface area contributed by atoms with Crippen LogP contribution in [0.15, 0.2) is 0 Å². The second kappa shape index (κ2) is 7.24. The van der Waals surface area contributed by atoms with E-state index < -0.39 is 0 Å². The minimum atomic E-state index is 0.115. The molecule has 0 aromatic carbocycles. The lowest BCUT2D eigenvalue weighted by Gasteiger charge is -2.34. The molecule has 1 atom stereocenters. The Morgan fingerprint density at radius 2 is 1.90 bits per heavy atom. The Bertz CT molecular complexity index is 283. The highest BCUT2D eigenvalue weighted by Crippen LogP contribution is 2.30. The van der Waals surface area contributed by atoms with Gasteiger partial charge in [0.1, 0.15) is 0 Å². The Balaban J connectivity index is 1.60. The van der Waals surface area contributed by atoms with Crippen molar-refractivity contribution in [3.8, 4) is 0 Å². The van der Waals surface area contributed by atoms with Gasteiger partial charge in [-0.05, 0) is 77.5 Å². The third-order valence-electron chi connectivity index (χ3n) is 4.71. The number of hydrogen-bond acceptors (Lipinski definition) is 3. The van der Waals surface area contributed by atoms with Crippen LogP contribution in [0.1, 0.15) is 53.4 Å². The molecule has 118 valence electrons. The molecule has 2 aliphatic heterocycles. The average molecular weight is 282 g/mol. The fourth-order valence-electron chi connectivity index (χ4n) is 3.44. The minimum Gasteiger partial charge on any atom is -0.371 e. The summed E-state index contributed by atoms with van der Waals surface area (Å²) >= 11 is 0. The van der Waals surface area contributed by atoms with Crippen LogP contribution < -0.4 is 5.32 Å². The first-order chi connectivity index (χ1) is 9.44. The Hall–Kier alpha value is -0.120. The van der Waals surface area contributed by atoms with Crippen molar-refractivity contribution >= 4 is 0 Å². The van der Waals surface area contributed by atoms with Gasteiger partial charge in [-0.25, -0.2) is 0 Å². The number of piperidine rings is 1. The van der Waals surface area contributed by atoms with Gasteiger partial charge in [0.15, 0.2) is 0 Å². The molecule has 2 aliphatic rings. The molecule has 3 nitrogen and oxygen atoms in total. The summed E-state index contributed by atoms with van der Waals surface area (Å²) in [4.78, 5) is 2.62. The standard InChI is InChI=1S/C17H34N2O/c1-14(2)11-18-12-15-6-9-19(10-7-15)13-16-5-8-17(3,4)20-16/h14-16,18H,5-13H2,1-4H3. The predicted molar refractivity (Wildman–Crippen MR) is 85.1 cm³/mol. The van der Waals surface area contributed by atoms with E-state index >= 15 is 0 Å². The number of nitrogens with one attached hydrogen (secondary N) is 1. The van der Waals surface area contributed by atoms with Crippen LogP contribution in [-0.4, -0.2) is 49.3 Å². The normalized spacial score (nSPS) is 28.4. The Labute approximate surface area is 125 Å². The lowest BCUT2D eigenvalue weighted by molar-refractivity contribution is -0.0319. The molecule has 0 aromatic heterocycles. The quantitative estimate of drug-likeness (QED) is 0.811. The zero-order chi connectivity index (χ0) is 14.6. The van der Waals surface area contributed by atoms with Gasteiger partial charge in [0.05, 0.1) is 11.7 Å². The van der Waals surface area contributed by atoms with Crippen LogP contribution in [-0.2, 0) is 4.74 Å². The molecule has 0 bridgehead atoms. The molecule has 2 rings (SSSR count). The monoisotopic (exact) mass is 282 g/mol. The van der Waals surface area contributed by atoms with Crippen LogP contribution in [0, 0.1) is 11.8 Å². The molecule has 0 radical (unpaired) electrons. The van der Waals surface area contributed by atoms with E-state index in [1.807, 2.05) is 0 Å². The molecular weight excluding hydrogens is 248 g/mol. The first kappa shape index (κ1) is 16.3. The van der Waals surface area contributed by atoms with Crippen molar-refractivity contribution in [1.29, 1.82) is 0 Å². The van der Waals surface area contributed by atoms with Crippen LogP contribution >= 0.6 is 0 Å². The van der Waals surface area contributed by atoms with E-state index in [-0.39, 0.29) is 5.60 Å². The molecule has 1 N–H and O–H groups in total. The lowest BCUT2D eigenvalue weighted by atomic mass is 9.96. The van der Waals surface area contributed by atoms with Crippen molar-refractivity contribution in [1.82, 2.24) is 10.2 Å². The highest BCUT2D eigenvalue weighted by atomic mass is 16.5. The van der Waals surface area contributed by atoms with Gasteiger partial charge in [0.2, 0.25) is 0 Å². The highest BCUT2D eigenvalue weighted by Gasteiger charge is 2.33. The summed E-state index contributed by atoms with van der Waals surface area (Å²) in [6.45, 7) is 15.0. The van der Waals surface area contributed by atoms with Gasteiger partial charge in [-0.15, -0.1) is 0 Å². The van der Waals surface area contributed by atoms with Crippen molar-refractivity contribution in [2.45, 2.75) is 65.1 Å². The maximum absolute atomic E-state index is 6.12. The summed E-state index contributed by atoms with van der Waals surface area (Å²) in [5, 5.41) is 3.61. The molecule has 0 aliphatic carbocycles. The maximum Gasteiger partial charge on any atom is 0.0710 e. The van der Waals surface area contributed by atoms with E-state index in [0.717, 1.165) is 24.9 Å². The molecule has 1 unspecified atom stereocenters. The third kappa shape index (κ3) is 5.34. The van der Waals surface area contributed by atoms with Crippen molar-refractivity contribution in [2.24, 2.45) is 11.8 Å². The summed E-state index contributed by atoms with van der Waals surface area (Å²) in [5.74, 6) is 1.64. The number of likely N-dealkylation sites (tertiary alicyclic amines) is 1. The summed E-state index contributed by atoms with van der Waals surface area (Å²) in [5.41, 5.74) is 0.115. The largest absolute Gasteiger partial charge is 0.371 e. The predicted octanol–water partition coefficient (Wildman–Crippen LogP) is 2.90. The van der Waals surface area contributed by atoms with Gasteiger partial charge in [0, 0.05) is 6.54 Å². The van der Waals surface area contributed by atoms with Crippen LogP contribution in [0.25, 0.3) is 0 Å². The van der Waals surface area contributed by atoms with E-state index in [1.165, 1.54) is 45.3 Å². The van der Waals surface area contributed by atoms with Gasteiger partial charge in [-0.2, -0.15) is 0 Å². The van der Waals surface area contributed by atoms with E-state index in [2.05, 4.69) is 37.9 Å².